The lowest BCUT2D eigenvalue weighted by molar-refractivity contribution is -0.128. The van der Waals surface area contributed by atoms with E-state index in [0.29, 0.717) is 6.54 Å². The van der Waals surface area contributed by atoms with E-state index in [0.717, 1.165) is 23.3 Å². The van der Waals surface area contributed by atoms with Crippen LogP contribution in [0.5, 0.6) is 0 Å². The van der Waals surface area contributed by atoms with Crippen LogP contribution in [0.1, 0.15) is 17.5 Å². The van der Waals surface area contributed by atoms with E-state index < -0.39 is 32.6 Å². The molecule has 1 N–H and O–H groups in total. The zero-order valence-electron chi connectivity index (χ0n) is 18.3. The summed E-state index contributed by atoms with van der Waals surface area (Å²) in [7, 11) is -4.06. The van der Waals surface area contributed by atoms with Gasteiger partial charge in [0, 0.05) is 38.3 Å². The van der Waals surface area contributed by atoms with Gasteiger partial charge in [0.2, 0.25) is 21.8 Å². The van der Waals surface area contributed by atoms with Gasteiger partial charge < -0.3 is 15.0 Å². The second kappa shape index (κ2) is 9.58. The van der Waals surface area contributed by atoms with Gasteiger partial charge in [-0.1, -0.05) is 29.8 Å². The van der Waals surface area contributed by atoms with Crippen molar-refractivity contribution in [2.75, 3.05) is 38.2 Å². The number of halogens is 1. The van der Waals surface area contributed by atoms with E-state index in [9.17, 15) is 22.4 Å². The quantitative estimate of drug-likeness (QED) is 0.691. The van der Waals surface area contributed by atoms with Gasteiger partial charge in [0.1, 0.15) is 10.7 Å². The van der Waals surface area contributed by atoms with Crippen molar-refractivity contribution in [3.8, 4) is 0 Å². The third kappa shape index (κ3) is 5.23. The van der Waals surface area contributed by atoms with Crippen molar-refractivity contribution >= 4 is 27.5 Å². The number of rotatable bonds is 6. The van der Waals surface area contributed by atoms with Crippen LogP contribution in [0.3, 0.4) is 0 Å². The molecule has 1 atom stereocenters. The van der Waals surface area contributed by atoms with Crippen molar-refractivity contribution in [2.45, 2.75) is 24.8 Å². The second-order valence-electron chi connectivity index (χ2n) is 8.31. The number of ether oxygens (including phenoxy) is 1. The molecule has 2 amide bonds. The predicted molar refractivity (Wildman–Crippen MR) is 119 cm³/mol. The molecule has 0 bridgehead atoms. The monoisotopic (exact) mass is 475 g/mol. The molecule has 2 fully saturated rings. The Morgan fingerprint density at radius 2 is 1.85 bits per heavy atom. The first kappa shape index (κ1) is 23.3. The minimum atomic E-state index is -4.06. The first-order chi connectivity index (χ1) is 15.7. The number of hydrogen-bond acceptors (Lipinski definition) is 5. The van der Waals surface area contributed by atoms with Crippen molar-refractivity contribution in [2.24, 2.45) is 5.92 Å². The molecular formula is C23H26FN3O5S. The molecule has 0 unspecified atom stereocenters. The lowest BCUT2D eigenvalue weighted by Crippen LogP contribution is -2.40. The zero-order valence-corrected chi connectivity index (χ0v) is 19.1. The van der Waals surface area contributed by atoms with Gasteiger partial charge in [-0.3, -0.25) is 9.59 Å². The summed E-state index contributed by atoms with van der Waals surface area (Å²) in [6, 6.07) is 11.3. The lowest BCUT2D eigenvalue weighted by atomic mass is 10.1. The van der Waals surface area contributed by atoms with E-state index in [1.165, 1.54) is 10.4 Å². The third-order valence-corrected chi connectivity index (χ3v) is 7.78. The van der Waals surface area contributed by atoms with Crippen LogP contribution in [0.2, 0.25) is 0 Å². The number of aryl methyl sites for hydroxylation is 1. The van der Waals surface area contributed by atoms with Crippen molar-refractivity contribution in [1.82, 2.24) is 9.21 Å². The molecule has 176 valence electrons. The van der Waals surface area contributed by atoms with Crippen molar-refractivity contribution in [3.63, 3.8) is 0 Å². The topological polar surface area (TPSA) is 96.0 Å². The van der Waals surface area contributed by atoms with Gasteiger partial charge in [-0.05, 0) is 30.7 Å². The Balaban J connectivity index is 1.43. The van der Waals surface area contributed by atoms with Gasteiger partial charge in [-0.25, -0.2) is 12.8 Å². The smallest absolute Gasteiger partial charge is 0.246 e. The molecule has 33 heavy (non-hydrogen) atoms. The van der Waals surface area contributed by atoms with Gasteiger partial charge in [0.15, 0.2) is 0 Å². The summed E-state index contributed by atoms with van der Waals surface area (Å²) in [4.78, 5) is 26.3. The minimum absolute atomic E-state index is 0.0673. The van der Waals surface area contributed by atoms with E-state index in [1.807, 2.05) is 31.2 Å². The molecular weight excluding hydrogens is 449 g/mol. The van der Waals surface area contributed by atoms with Gasteiger partial charge >= 0.3 is 0 Å². The Kier molecular flexibility index (Phi) is 6.78. The van der Waals surface area contributed by atoms with Crippen LogP contribution in [0.15, 0.2) is 47.4 Å². The summed E-state index contributed by atoms with van der Waals surface area (Å²) in [6.07, 6.45) is 0.0673. The van der Waals surface area contributed by atoms with Crippen LogP contribution in [0.4, 0.5) is 10.1 Å². The Bertz CT molecular complexity index is 1150. The molecule has 2 heterocycles. The molecule has 2 aliphatic rings. The molecule has 4 rings (SSSR count). The van der Waals surface area contributed by atoms with Crippen LogP contribution >= 0.6 is 0 Å². The van der Waals surface area contributed by atoms with E-state index in [-0.39, 0.29) is 50.9 Å². The summed E-state index contributed by atoms with van der Waals surface area (Å²) in [6.45, 7) is 3.43. The van der Waals surface area contributed by atoms with E-state index >= 15 is 0 Å². The zero-order chi connectivity index (χ0) is 23.6. The summed E-state index contributed by atoms with van der Waals surface area (Å²) in [5.74, 6) is -1.99. The summed E-state index contributed by atoms with van der Waals surface area (Å²) in [5, 5.41) is 2.65. The Morgan fingerprint density at radius 1 is 1.15 bits per heavy atom. The van der Waals surface area contributed by atoms with Crippen LogP contribution in [0.25, 0.3) is 0 Å². The maximum atomic E-state index is 14.4. The molecule has 2 saturated heterocycles. The van der Waals surface area contributed by atoms with Crippen molar-refractivity contribution in [1.29, 1.82) is 0 Å². The summed E-state index contributed by atoms with van der Waals surface area (Å²) >= 11 is 0. The molecule has 10 heteroatoms. The Hall–Kier alpha value is -2.82. The first-order valence-electron chi connectivity index (χ1n) is 10.8. The van der Waals surface area contributed by atoms with Crippen molar-refractivity contribution < 1.29 is 27.1 Å². The number of sulfonamides is 1. The maximum Gasteiger partial charge on any atom is 0.246 e. The van der Waals surface area contributed by atoms with E-state index in [4.69, 9.17) is 4.74 Å². The minimum Gasteiger partial charge on any atom is -0.379 e. The highest BCUT2D eigenvalue weighted by Crippen LogP contribution is 2.26. The van der Waals surface area contributed by atoms with Gasteiger partial charge in [0.05, 0.1) is 19.1 Å². The number of likely N-dealkylation sites (tertiary alicyclic amines) is 1. The normalized spacial score (nSPS) is 19.6. The molecule has 2 aromatic carbocycles. The molecule has 2 aliphatic heterocycles. The fourth-order valence-corrected chi connectivity index (χ4v) is 5.46. The number of benzene rings is 2. The fraction of sp³-hybridized carbons (Fsp3) is 0.391. The molecule has 0 radical (unpaired) electrons. The molecule has 0 aliphatic carbocycles. The number of morpholine rings is 1. The molecule has 0 saturated carbocycles. The van der Waals surface area contributed by atoms with Gasteiger partial charge in [-0.2, -0.15) is 4.31 Å². The van der Waals surface area contributed by atoms with E-state index in [2.05, 4.69) is 5.32 Å². The number of anilines is 1. The average Bonchev–Trinajstić information content (AvgIpc) is 3.17. The summed E-state index contributed by atoms with van der Waals surface area (Å²) < 4.78 is 46.4. The lowest BCUT2D eigenvalue weighted by Gasteiger charge is -2.26. The van der Waals surface area contributed by atoms with Gasteiger partial charge in [-0.15, -0.1) is 0 Å². The van der Waals surface area contributed by atoms with Crippen LogP contribution < -0.4 is 5.32 Å². The largest absolute Gasteiger partial charge is 0.379 e. The molecule has 0 aromatic heterocycles. The molecule has 8 nitrogen and oxygen atoms in total. The fourth-order valence-electron chi connectivity index (χ4n) is 3.96. The van der Waals surface area contributed by atoms with Crippen LogP contribution in [-0.2, 0) is 30.9 Å². The predicted octanol–water partition coefficient (Wildman–Crippen LogP) is 2.14. The van der Waals surface area contributed by atoms with Crippen LogP contribution in [0, 0.1) is 18.7 Å². The number of nitrogens with zero attached hydrogens (tertiary/aromatic N) is 2. The highest BCUT2D eigenvalue weighted by Gasteiger charge is 2.35. The first-order valence-corrected chi connectivity index (χ1v) is 12.2. The molecule has 2 aromatic rings. The SMILES string of the molecule is Cc1ccc(CN2C[C@H](C(=O)Nc3ccc(F)c(S(=O)(=O)N4CCOCC4)c3)CC2=O)cc1. The maximum absolute atomic E-state index is 14.4. The average molecular weight is 476 g/mol. The molecule has 0 spiro atoms. The number of hydrogen-bond donors (Lipinski definition) is 1. The number of carbonyl (C=O) groups is 2. The standard InChI is InChI=1S/C23H26FN3O5S/c1-16-2-4-17(5-3-16)14-26-15-18(12-22(26)28)23(29)25-19-6-7-20(24)21(13-19)33(30,31)27-8-10-32-11-9-27/h2-7,13,18H,8-12,14-15H2,1H3,(H,25,29)/t18-/m1/s1. The van der Waals surface area contributed by atoms with Crippen molar-refractivity contribution in [3.05, 3.63) is 59.4 Å². The second-order valence-corrected chi connectivity index (χ2v) is 10.2. The highest BCUT2D eigenvalue weighted by molar-refractivity contribution is 7.89. The van der Waals surface area contributed by atoms with E-state index in [1.54, 1.807) is 4.90 Å². The number of nitrogens with one attached hydrogen (secondary N) is 1. The van der Waals surface area contributed by atoms with Gasteiger partial charge in [0.25, 0.3) is 0 Å². The third-order valence-electron chi connectivity index (χ3n) is 5.87. The highest BCUT2D eigenvalue weighted by atomic mass is 32.2. The Morgan fingerprint density at radius 3 is 2.55 bits per heavy atom. The summed E-state index contributed by atoms with van der Waals surface area (Å²) in [5.41, 5.74) is 2.27. The number of carbonyl (C=O) groups excluding carboxylic acids is 2. The number of amides is 2. The van der Waals surface area contributed by atoms with Crippen LogP contribution in [-0.4, -0.2) is 62.3 Å². The Labute approximate surface area is 192 Å².